The van der Waals surface area contributed by atoms with Gasteiger partial charge >= 0.3 is 5.97 Å². The number of benzene rings is 2. The van der Waals surface area contributed by atoms with Crippen molar-refractivity contribution in [2.45, 2.75) is 26.2 Å². The summed E-state index contributed by atoms with van der Waals surface area (Å²) >= 11 is 16.7. The van der Waals surface area contributed by atoms with Gasteiger partial charge in [-0.3, -0.25) is 4.79 Å². The molecule has 0 aliphatic heterocycles. The van der Waals surface area contributed by atoms with Gasteiger partial charge in [-0.1, -0.05) is 84.7 Å². The summed E-state index contributed by atoms with van der Waals surface area (Å²) in [6, 6.07) is 17.4. The van der Waals surface area contributed by atoms with Crippen LogP contribution in [0.2, 0.25) is 15.5 Å². The van der Waals surface area contributed by atoms with Crippen LogP contribution in [0.4, 0.5) is 5.69 Å². The number of anilines is 1. The first-order chi connectivity index (χ1) is 19.4. The highest BCUT2D eigenvalue weighted by Gasteiger charge is 2.20. The topological polar surface area (TPSA) is 158 Å². The maximum atomic E-state index is 12.9. The molecule has 2 aromatic carbocycles. The van der Waals surface area contributed by atoms with Gasteiger partial charge in [-0.15, -0.1) is 25.5 Å². The number of nitrogens with zero attached hydrogens (tertiary/aromatic N) is 7. The maximum Gasteiger partial charge on any atom is 0.339 e. The van der Waals surface area contributed by atoms with Crippen molar-refractivity contribution in [2.24, 2.45) is 0 Å². The number of nitrogens with one attached hydrogen (secondary N) is 1. The third kappa shape index (κ3) is 7.42. The lowest BCUT2D eigenvalue weighted by Crippen LogP contribution is -2.18. The first-order valence-corrected chi connectivity index (χ1v) is 12.9. The maximum absolute atomic E-state index is 12.9. The van der Waals surface area contributed by atoms with Gasteiger partial charge in [0.2, 0.25) is 0 Å². The number of carboxylic acids is 1. The molecule has 0 aliphatic rings. The molecule has 0 atom stereocenters. The van der Waals surface area contributed by atoms with Gasteiger partial charge in [0.1, 0.15) is 22.2 Å². The molecule has 0 saturated carbocycles. The van der Waals surface area contributed by atoms with E-state index < -0.39 is 11.9 Å². The van der Waals surface area contributed by atoms with Crippen LogP contribution < -0.4 is 10.2 Å². The van der Waals surface area contributed by atoms with Crippen LogP contribution in [0.1, 0.15) is 47.1 Å². The van der Waals surface area contributed by atoms with Crippen LogP contribution in [0.5, 0.6) is 5.88 Å². The lowest BCUT2D eigenvalue weighted by molar-refractivity contribution is 0.0696. The zero-order valence-corrected chi connectivity index (χ0v) is 24.0. The number of hydrogen-bond donors (Lipinski definition) is 2. The molecule has 12 nitrogen and oxygen atoms in total. The number of amides is 1. The third-order valence-corrected chi connectivity index (χ3v) is 6.08. The number of aromatic nitrogens is 7. The average molecular weight is 616 g/mol. The number of aromatic carboxylic acids is 1. The third-order valence-electron chi connectivity index (χ3n) is 5.43. The number of carbonyl (C=O) groups excluding carboxylic acids is 1. The summed E-state index contributed by atoms with van der Waals surface area (Å²) in [5.74, 6) is -1.65. The van der Waals surface area contributed by atoms with Crippen molar-refractivity contribution in [3.63, 3.8) is 0 Å². The Hall–Kier alpha value is -4.39. The highest BCUT2D eigenvalue weighted by atomic mass is 35.5. The SMILES string of the molecule is CC(C)(C)c1ccc(NC(=O)c2cc(Cl)nnc2On2nnc3ccccc32)cc1.O=C(O)c1cc(Cl)nnc1Cl. The zero-order chi connectivity index (χ0) is 29.7. The molecule has 5 aromatic rings. The summed E-state index contributed by atoms with van der Waals surface area (Å²) in [4.78, 5) is 30.1. The molecule has 0 bridgehead atoms. The molecule has 1 amide bonds. The van der Waals surface area contributed by atoms with E-state index in [2.05, 4.69) is 56.8 Å². The second kappa shape index (κ2) is 12.4. The number of para-hydroxylation sites is 1. The summed E-state index contributed by atoms with van der Waals surface area (Å²) in [7, 11) is 0. The minimum atomic E-state index is -1.17. The molecule has 0 fully saturated rings. The summed E-state index contributed by atoms with van der Waals surface area (Å²) < 4.78 is 0. The van der Waals surface area contributed by atoms with E-state index in [1.54, 1.807) is 12.1 Å². The summed E-state index contributed by atoms with van der Waals surface area (Å²) in [5.41, 5.74) is 3.06. The van der Waals surface area contributed by atoms with Crippen molar-refractivity contribution in [3.8, 4) is 5.88 Å². The number of hydrogen-bond acceptors (Lipinski definition) is 9. The molecule has 0 saturated heterocycles. The van der Waals surface area contributed by atoms with Crippen LogP contribution in [0, 0.1) is 0 Å². The van der Waals surface area contributed by atoms with E-state index in [0.717, 1.165) is 11.6 Å². The summed E-state index contributed by atoms with van der Waals surface area (Å²) in [6.07, 6.45) is 0. The lowest BCUT2D eigenvalue weighted by atomic mass is 9.87. The van der Waals surface area contributed by atoms with Crippen LogP contribution in [0.15, 0.2) is 60.7 Å². The number of carboxylic acid groups (broad SMARTS) is 1. The van der Waals surface area contributed by atoms with Crippen molar-refractivity contribution in [2.75, 3.05) is 5.32 Å². The van der Waals surface area contributed by atoms with Gasteiger partial charge in [0.15, 0.2) is 15.5 Å². The van der Waals surface area contributed by atoms with Gasteiger partial charge in [-0.2, -0.15) is 0 Å². The first kappa shape index (κ1) is 29.6. The fraction of sp³-hybridized carbons (Fsp3) is 0.154. The van der Waals surface area contributed by atoms with Crippen LogP contribution in [-0.2, 0) is 5.41 Å². The molecule has 0 radical (unpaired) electrons. The van der Waals surface area contributed by atoms with E-state index in [0.29, 0.717) is 16.7 Å². The van der Waals surface area contributed by atoms with E-state index in [-0.39, 0.29) is 37.9 Å². The zero-order valence-electron chi connectivity index (χ0n) is 21.7. The summed E-state index contributed by atoms with van der Waals surface area (Å²) in [5, 5.41) is 33.5. The fourth-order valence-electron chi connectivity index (χ4n) is 3.34. The highest BCUT2D eigenvalue weighted by Crippen LogP contribution is 2.25. The van der Waals surface area contributed by atoms with Gasteiger partial charge in [0.25, 0.3) is 11.8 Å². The molecular formula is C26H21Cl3N8O4. The van der Waals surface area contributed by atoms with E-state index in [1.165, 1.54) is 10.9 Å². The van der Waals surface area contributed by atoms with Crippen LogP contribution in [0.25, 0.3) is 11.0 Å². The van der Waals surface area contributed by atoms with Crippen LogP contribution in [-0.4, -0.2) is 52.5 Å². The van der Waals surface area contributed by atoms with Crippen molar-refractivity contribution in [1.29, 1.82) is 0 Å². The van der Waals surface area contributed by atoms with Gasteiger partial charge < -0.3 is 15.3 Å². The van der Waals surface area contributed by atoms with Crippen LogP contribution in [0.3, 0.4) is 0 Å². The minimum Gasteiger partial charge on any atom is -0.478 e. The standard InChI is InChI=1S/C21H19ClN6O2.C5H2Cl2N2O2/c1-21(2,3)13-8-10-14(11-9-13)23-19(29)15-12-18(22)25-26-20(15)30-28-17-7-5-4-6-16(17)24-27-28;6-3-1-2(5(10)11)4(7)9-8-3/h4-12H,1-3H3,(H,23,29);1H,(H,10,11). The average Bonchev–Trinajstić information content (AvgIpc) is 3.34. The second-order valence-corrected chi connectivity index (χ2v) is 10.5. The fourth-order valence-corrected chi connectivity index (χ4v) is 3.81. The summed E-state index contributed by atoms with van der Waals surface area (Å²) in [6.45, 7) is 6.38. The molecule has 210 valence electrons. The van der Waals surface area contributed by atoms with Gasteiger partial charge in [0.05, 0.1) is 0 Å². The molecule has 0 unspecified atom stereocenters. The van der Waals surface area contributed by atoms with Gasteiger partial charge in [0, 0.05) is 5.69 Å². The second-order valence-electron chi connectivity index (χ2n) is 9.39. The van der Waals surface area contributed by atoms with E-state index in [9.17, 15) is 9.59 Å². The lowest BCUT2D eigenvalue weighted by Gasteiger charge is -2.19. The predicted molar refractivity (Wildman–Crippen MR) is 153 cm³/mol. The van der Waals surface area contributed by atoms with Gasteiger partial charge in [-0.25, -0.2) is 4.79 Å². The number of rotatable bonds is 5. The van der Waals surface area contributed by atoms with E-state index >= 15 is 0 Å². The molecule has 5 rings (SSSR count). The Labute approximate surface area is 248 Å². The number of fused-ring (bicyclic) bond motifs is 1. The van der Waals surface area contributed by atoms with E-state index in [1.807, 2.05) is 36.4 Å². The van der Waals surface area contributed by atoms with Gasteiger partial charge in [-0.05, 0) is 52.6 Å². The largest absolute Gasteiger partial charge is 0.478 e. The number of carbonyl (C=O) groups is 2. The molecule has 41 heavy (non-hydrogen) atoms. The van der Waals surface area contributed by atoms with Crippen molar-refractivity contribution < 1.29 is 19.5 Å². The Morgan fingerprint density at radius 3 is 2.12 bits per heavy atom. The van der Waals surface area contributed by atoms with Crippen molar-refractivity contribution in [1.82, 2.24) is 35.6 Å². The van der Waals surface area contributed by atoms with E-state index in [4.69, 9.17) is 44.7 Å². The molecule has 15 heteroatoms. The quantitative estimate of drug-likeness (QED) is 0.249. The Morgan fingerprint density at radius 1 is 0.854 bits per heavy atom. The Morgan fingerprint density at radius 2 is 1.49 bits per heavy atom. The molecule has 2 N–H and O–H groups in total. The minimum absolute atomic E-state index is 0.00630. The van der Waals surface area contributed by atoms with Crippen molar-refractivity contribution >= 4 is 63.4 Å². The monoisotopic (exact) mass is 614 g/mol. The Balaban J connectivity index is 0.000000296. The molecule has 0 aliphatic carbocycles. The highest BCUT2D eigenvalue weighted by molar-refractivity contribution is 6.33. The Bertz CT molecular complexity index is 1720. The van der Waals surface area contributed by atoms with Crippen molar-refractivity contribution in [3.05, 3.63) is 92.8 Å². The molecule has 3 heterocycles. The Kier molecular flexibility index (Phi) is 8.96. The van der Waals surface area contributed by atoms with Crippen LogP contribution >= 0.6 is 34.8 Å². The predicted octanol–water partition coefficient (Wildman–Crippen LogP) is 5.75. The number of halogens is 3. The molecular weight excluding hydrogens is 595 g/mol. The normalized spacial score (nSPS) is 11.0. The molecule has 0 spiro atoms. The first-order valence-electron chi connectivity index (χ1n) is 11.8. The molecule has 3 aromatic heterocycles. The smallest absolute Gasteiger partial charge is 0.339 e.